The Bertz CT molecular complexity index is 1950. The molecule has 0 unspecified atom stereocenters. The normalized spacial score (nSPS) is 12.5. The molecule has 182 valence electrons. The van der Waals surface area contributed by atoms with Crippen molar-refractivity contribution in [2.24, 2.45) is 0 Å². The standard InChI is InChI=1S/C37H25BS/c1-2-11-25(12-3-1)30-17-9-19-32-33-20-10-18-31(37(33)39-36(30)32)26-15-8-16-29(24-26)38-34-21-6-4-13-27(34)23-28-14-5-7-22-35(28)38/h1-22,24H,23H2. The summed E-state index contributed by atoms with van der Waals surface area (Å²) in [5.41, 5.74) is 12.3. The predicted molar refractivity (Wildman–Crippen MR) is 171 cm³/mol. The summed E-state index contributed by atoms with van der Waals surface area (Å²) in [6.45, 7) is 0.248. The molecule has 0 fully saturated rings. The highest BCUT2D eigenvalue weighted by atomic mass is 32.1. The number of hydrogen-bond acceptors (Lipinski definition) is 1. The van der Waals surface area contributed by atoms with Crippen molar-refractivity contribution in [1.82, 2.24) is 0 Å². The van der Waals surface area contributed by atoms with E-state index in [1.807, 2.05) is 11.3 Å². The molecular weight excluding hydrogens is 487 g/mol. The van der Waals surface area contributed by atoms with Gasteiger partial charge in [0, 0.05) is 20.2 Å². The third-order valence-corrected chi connectivity index (χ3v) is 9.54. The molecule has 0 nitrogen and oxygen atoms in total. The van der Waals surface area contributed by atoms with E-state index in [9.17, 15) is 0 Å². The second-order valence-electron chi connectivity index (χ2n) is 10.5. The zero-order valence-corrected chi connectivity index (χ0v) is 22.3. The fraction of sp³-hybridized carbons (Fsp3) is 0.0270. The molecule has 0 saturated heterocycles. The van der Waals surface area contributed by atoms with E-state index < -0.39 is 0 Å². The second-order valence-corrected chi connectivity index (χ2v) is 11.5. The van der Waals surface area contributed by atoms with Crippen LogP contribution in [0.15, 0.2) is 140 Å². The summed E-state index contributed by atoms with van der Waals surface area (Å²) in [7, 11) is 0. The van der Waals surface area contributed by atoms with E-state index in [2.05, 4.69) is 140 Å². The summed E-state index contributed by atoms with van der Waals surface area (Å²) in [6, 6.07) is 51.5. The maximum Gasteiger partial charge on any atom is 0.241 e. The molecule has 8 rings (SSSR count). The van der Waals surface area contributed by atoms with Gasteiger partial charge in [-0.2, -0.15) is 0 Å². The van der Waals surface area contributed by atoms with E-state index in [0.717, 1.165) is 6.42 Å². The summed E-state index contributed by atoms with van der Waals surface area (Å²) >= 11 is 1.92. The van der Waals surface area contributed by atoms with Crippen LogP contribution in [-0.4, -0.2) is 6.71 Å². The van der Waals surface area contributed by atoms with Crippen LogP contribution in [0.4, 0.5) is 0 Å². The lowest BCUT2D eigenvalue weighted by molar-refractivity contribution is 1.21. The van der Waals surface area contributed by atoms with Gasteiger partial charge in [-0.25, -0.2) is 0 Å². The molecule has 7 aromatic rings. The third kappa shape index (κ3) is 3.67. The minimum Gasteiger partial charge on any atom is -0.134 e. The molecule has 2 heterocycles. The molecule has 0 bridgehead atoms. The number of thiophene rings is 1. The largest absolute Gasteiger partial charge is 0.241 e. The Morgan fingerprint density at radius 3 is 1.67 bits per heavy atom. The van der Waals surface area contributed by atoms with E-state index in [0.29, 0.717) is 0 Å². The van der Waals surface area contributed by atoms with Gasteiger partial charge in [0.1, 0.15) is 0 Å². The summed E-state index contributed by atoms with van der Waals surface area (Å²) in [5, 5.41) is 2.67. The third-order valence-electron chi connectivity index (χ3n) is 8.25. The first-order valence-electron chi connectivity index (χ1n) is 13.6. The van der Waals surface area contributed by atoms with Crippen LogP contribution in [0.5, 0.6) is 0 Å². The van der Waals surface area contributed by atoms with Crippen molar-refractivity contribution in [3.05, 3.63) is 151 Å². The highest BCUT2D eigenvalue weighted by Gasteiger charge is 2.30. The van der Waals surface area contributed by atoms with Crippen molar-refractivity contribution in [1.29, 1.82) is 0 Å². The number of benzene rings is 6. The van der Waals surface area contributed by atoms with Gasteiger partial charge in [-0.05, 0) is 39.8 Å². The van der Waals surface area contributed by atoms with Crippen molar-refractivity contribution in [3.63, 3.8) is 0 Å². The number of rotatable bonds is 3. The van der Waals surface area contributed by atoms with E-state index >= 15 is 0 Å². The number of fused-ring (bicyclic) bond motifs is 5. The number of hydrogen-bond donors (Lipinski definition) is 0. The Labute approximate surface area is 233 Å². The van der Waals surface area contributed by atoms with Gasteiger partial charge in [0.15, 0.2) is 0 Å². The van der Waals surface area contributed by atoms with Crippen molar-refractivity contribution in [2.75, 3.05) is 0 Å². The Morgan fingerprint density at radius 2 is 1.00 bits per heavy atom. The fourth-order valence-corrected chi connectivity index (χ4v) is 7.84. The second kappa shape index (κ2) is 9.11. The van der Waals surface area contributed by atoms with Gasteiger partial charge in [-0.1, -0.05) is 156 Å². The summed E-state index contributed by atoms with van der Waals surface area (Å²) in [5.74, 6) is 0. The first-order chi connectivity index (χ1) is 19.3. The highest BCUT2D eigenvalue weighted by Crippen LogP contribution is 2.43. The minimum atomic E-state index is 0.248. The Hall–Kier alpha value is -4.40. The molecule has 0 aliphatic carbocycles. The fourth-order valence-electron chi connectivity index (χ4n) is 6.46. The van der Waals surface area contributed by atoms with Crippen molar-refractivity contribution in [3.8, 4) is 22.3 Å². The van der Waals surface area contributed by atoms with Crippen molar-refractivity contribution >= 4 is 54.6 Å². The first kappa shape index (κ1) is 22.6. The van der Waals surface area contributed by atoms with Gasteiger partial charge in [0.05, 0.1) is 0 Å². The van der Waals surface area contributed by atoms with Gasteiger partial charge in [0.25, 0.3) is 0 Å². The first-order valence-corrected chi connectivity index (χ1v) is 14.4. The van der Waals surface area contributed by atoms with Crippen LogP contribution >= 0.6 is 11.3 Å². The molecule has 0 atom stereocenters. The molecule has 2 heteroatoms. The average Bonchev–Trinajstić information content (AvgIpc) is 3.39. The van der Waals surface area contributed by atoms with Crippen LogP contribution in [0.25, 0.3) is 42.4 Å². The van der Waals surface area contributed by atoms with E-state index in [1.165, 1.54) is 69.9 Å². The molecule has 1 aliphatic heterocycles. The van der Waals surface area contributed by atoms with E-state index in [4.69, 9.17) is 0 Å². The van der Waals surface area contributed by atoms with Crippen LogP contribution in [0, 0.1) is 0 Å². The van der Waals surface area contributed by atoms with Crippen LogP contribution in [0.1, 0.15) is 11.1 Å². The van der Waals surface area contributed by atoms with Crippen LogP contribution in [-0.2, 0) is 6.42 Å². The maximum atomic E-state index is 2.43. The smallest absolute Gasteiger partial charge is 0.134 e. The van der Waals surface area contributed by atoms with Crippen LogP contribution < -0.4 is 16.4 Å². The maximum absolute atomic E-state index is 2.43. The minimum absolute atomic E-state index is 0.248. The molecule has 1 aliphatic rings. The van der Waals surface area contributed by atoms with Gasteiger partial charge in [0.2, 0.25) is 6.71 Å². The SMILES string of the molecule is c1ccc(-c2cccc3c2sc2c(-c4cccc(B5c6ccccc6Cc6ccccc65)c4)cccc23)cc1. The molecule has 0 amide bonds. The lowest BCUT2D eigenvalue weighted by Crippen LogP contribution is -2.56. The molecule has 39 heavy (non-hydrogen) atoms. The van der Waals surface area contributed by atoms with Crippen molar-refractivity contribution < 1.29 is 0 Å². The van der Waals surface area contributed by atoms with Gasteiger partial charge >= 0.3 is 0 Å². The molecular formula is C37H25BS. The van der Waals surface area contributed by atoms with Crippen LogP contribution in [0.2, 0.25) is 0 Å². The monoisotopic (exact) mass is 512 g/mol. The molecule has 0 spiro atoms. The molecule has 6 aromatic carbocycles. The summed E-state index contributed by atoms with van der Waals surface area (Å²) in [6.07, 6.45) is 1.01. The molecule has 0 radical (unpaired) electrons. The topological polar surface area (TPSA) is 0 Å². The van der Waals surface area contributed by atoms with Crippen LogP contribution in [0.3, 0.4) is 0 Å². The summed E-state index contributed by atoms with van der Waals surface area (Å²) in [4.78, 5) is 0. The lowest BCUT2D eigenvalue weighted by Gasteiger charge is -2.27. The summed E-state index contributed by atoms with van der Waals surface area (Å²) < 4.78 is 2.72. The van der Waals surface area contributed by atoms with E-state index in [-0.39, 0.29) is 6.71 Å². The Balaban J connectivity index is 1.31. The van der Waals surface area contributed by atoms with Crippen molar-refractivity contribution in [2.45, 2.75) is 6.42 Å². The Morgan fingerprint density at radius 1 is 0.462 bits per heavy atom. The van der Waals surface area contributed by atoms with Gasteiger partial charge < -0.3 is 0 Å². The zero-order chi connectivity index (χ0) is 25.8. The van der Waals surface area contributed by atoms with Gasteiger partial charge in [-0.3, -0.25) is 0 Å². The average molecular weight is 512 g/mol. The predicted octanol–water partition coefficient (Wildman–Crippen LogP) is 7.81. The Kier molecular flexibility index (Phi) is 5.28. The lowest BCUT2D eigenvalue weighted by atomic mass is 9.33. The van der Waals surface area contributed by atoms with Gasteiger partial charge in [-0.15, -0.1) is 11.3 Å². The zero-order valence-electron chi connectivity index (χ0n) is 21.5. The highest BCUT2D eigenvalue weighted by molar-refractivity contribution is 7.26. The molecule has 0 N–H and O–H groups in total. The van der Waals surface area contributed by atoms with E-state index in [1.54, 1.807) is 0 Å². The quantitative estimate of drug-likeness (QED) is 0.212. The molecule has 0 saturated carbocycles. The molecule has 1 aromatic heterocycles.